The first kappa shape index (κ1) is 11.0. The van der Waals surface area contributed by atoms with Crippen molar-refractivity contribution in [3.05, 3.63) is 41.4 Å². The van der Waals surface area contributed by atoms with Crippen molar-refractivity contribution in [1.29, 1.82) is 0 Å². The van der Waals surface area contributed by atoms with Gasteiger partial charge in [0.15, 0.2) is 11.5 Å². The van der Waals surface area contributed by atoms with E-state index >= 15 is 0 Å². The SMILES string of the molecule is Brc1cn2ccnc2c(N2CCn3ccnc3C2)n1. The van der Waals surface area contributed by atoms with Crippen LogP contribution in [-0.4, -0.2) is 30.5 Å². The Hall–Kier alpha value is -1.89. The van der Waals surface area contributed by atoms with Crippen LogP contribution in [0.3, 0.4) is 0 Å². The number of halogens is 1. The maximum absolute atomic E-state index is 4.58. The van der Waals surface area contributed by atoms with Gasteiger partial charge < -0.3 is 13.9 Å². The van der Waals surface area contributed by atoms with Crippen molar-refractivity contribution in [2.75, 3.05) is 11.4 Å². The molecule has 19 heavy (non-hydrogen) atoms. The normalized spacial score (nSPS) is 14.9. The van der Waals surface area contributed by atoms with Crippen LogP contribution in [0.25, 0.3) is 5.65 Å². The highest BCUT2D eigenvalue weighted by atomic mass is 79.9. The van der Waals surface area contributed by atoms with Crippen LogP contribution in [0.1, 0.15) is 5.82 Å². The molecule has 96 valence electrons. The molecule has 0 N–H and O–H groups in total. The van der Waals surface area contributed by atoms with Gasteiger partial charge in [-0.3, -0.25) is 0 Å². The Bertz CT molecular complexity index is 746. The fourth-order valence-electron chi connectivity index (χ4n) is 2.45. The van der Waals surface area contributed by atoms with Crippen LogP contribution in [0.4, 0.5) is 5.82 Å². The maximum atomic E-state index is 4.58. The summed E-state index contributed by atoms with van der Waals surface area (Å²) in [7, 11) is 0. The number of aromatic nitrogens is 5. The van der Waals surface area contributed by atoms with Gasteiger partial charge in [0, 0.05) is 44.1 Å². The van der Waals surface area contributed by atoms with Crippen LogP contribution < -0.4 is 4.90 Å². The van der Waals surface area contributed by atoms with Gasteiger partial charge in [-0.05, 0) is 15.9 Å². The first-order valence-electron chi connectivity index (χ1n) is 6.05. The molecular formula is C12H11BrN6. The van der Waals surface area contributed by atoms with Crippen molar-refractivity contribution in [3.63, 3.8) is 0 Å². The molecule has 1 aliphatic rings. The molecule has 6 nitrogen and oxygen atoms in total. The van der Waals surface area contributed by atoms with E-state index in [1.165, 1.54) is 0 Å². The third-order valence-corrected chi connectivity index (χ3v) is 3.75. The Morgan fingerprint density at radius 3 is 2.95 bits per heavy atom. The lowest BCUT2D eigenvalue weighted by atomic mass is 10.3. The lowest BCUT2D eigenvalue weighted by Gasteiger charge is -2.28. The number of fused-ring (bicyclic) bond motifs is 2. The zero-order chi connectivity index (χ0) is 12.8. The molecule has 0 aromatic carbocycles. The number of anilines is 1. The summed E-state index contributed by atoms with van der Waals surface area (Å²) in [5.74, 6) is 1.96. The minimum absolute atomic E-state index is 0.763. The van der Waals surface area contributed by atoms with Gasteiger partial charge in [-0.1, -0.05) is 0 Å². The first-order valence-corrected chi connectivity index (χ1v) is 6.85. The largest absolute Gasteiger partial charge is 0.344 e. The number of imidazole rings is 2. The van der Waals surface area contributed by atoms with E-state index in [-0.39, 0.29) is 0 Å². The van der Waals surface area contributed by atoms with Gasteiger partial charge in [0.2, 0.25) is 0 Å². The van der Waals surface area contributed by atoms with E-state index in [1.807, 2.05) is 29.2 Å². The van der Waals surface area contributed by atoms with Crippen molar-refractivity contribution in [2.24, 2.45) is 0 Å². The topological polar surface area (TPSA) is 51.2 Å². The van der Waals surface area contributed by atoms with Crippen molar-refractivity contribution in [1.82, 2.24) is 23.9 Å². The Morgan fingerprint density at radius 2 is 2.00 bits per heavy atom. The van der Waals surface area contributed by atoms with Crippen molar-refractivity contribution < 1.29 is 0 Å². The summed E-state index contributed by atoms with van der Waals surface area (Å²) >= 11 is 3.45. The van der Waals surface area contributed by atoms with Gasteiger partial charge in [-0.25, -0.2) is 15.0 Å². The van der Waals surface area contributed by atoms with Crippen molar-refractivity contribution in [3.8, 4) is 0 Å². The minimum Gasteiger partial charge on any atom is -0.344 e. The zero-order valence-corrected chi connectivity index (χ0v) is 11.7. The van der Waals surface area contributed by atoms with Crippen molar-refractivity contribution in [2.45, 2.75) is 13.1 Å². The number of hydrogen-bond acceptors (Lipinski definition) is 4. The van der Waals surface area contributed by atoms with Gasteiger partial charge in [-0.2, -0.15) is 0 Å². The second kappa shape index (κ2) is 4.06. The van der Waals surface area contributed by atoms with E-state index < -0.39 is 0 Å². The van der Waals surface area contributed by atoms with Crippen molar-refractivity contribution >= 4 is 27.4 Å². The highest BCUT2D eigenvalue weighted by molar-refractivity contribution is 9.10. The fraction of sp³-hybridized carbons (Fsp3) is 0.250. The molecule has 0 saturated carbocycles. The molecule has 0 atom stereocenters. The van der Waals surface area contributed by atoms with Gasteiger partial charge in [0.25, 0.3) is 0 Å². The molecule has 0 radical (unpaired) electrons. The second-order valence-corrected chi connectivity index (χ2v) is 5.32. The smallest absolute Gasteiger partial charge is 0.180 e. The van der Waals surface area contributed by atoms with Gasteiger partial charge in [-0.15, -0.1) is 0 Å². The predicted molar refractivity (Wildman–Crippen MR) is 74.0 cm³/mol. The van der Waals surface area contributed by atoms with Crippen LogP contribution in [-0.2, 0) is 13.1 Å². The molecule has 1 aliphatic heterocycles. The first-order chi connectivity index (χ1) is 9.31. The molecule has 4 rings (SSSR count). The summed E-state index contributed by atoms with van der Waals surface area (Å²) in [4.78, 5) is 15.6. The van der Waals surface area contributed by atoms with E-state index in [4.69, 9.17) is 0 Å². The van der Waals surface area contributed by atoms with Crippen LogP contribution in [0.2, 0.25) is 0 Å². The molecule has 0 spiro atoms. The molecule has 4 heterocycles. The third kappa shape index (κ3) is 1.73. The van der Waals surface area contributed by atoms with E-state index in [0.29, 0.717) is 0 Å². The van der Waals surface area contributed by atoms with Crippen LogP contribution in [0.5, 0.6) is 0 Å². The summed E-state index contributed by atoms with van der Waals surface area (Å²) < 4.78 is 4.96. The predicted octanol–water partition coefficient (Wildman–Crippen LogP) is 1.71. The molecule has 3 aromatic heterocycles. The zero-order valence-electron chi connectivity index (χ0n) is 10.1. The highest BCUT2D eigenvalue weighted by Gasteiger charge is 2.21. The third-order valence-electron chi connectivity index (χ3n) is 3.37. The van der Waals surface area contributed by atoms with Crippen LogP contribution in [0.15, 0.2) is 35.6 Å². The molecular weight excluding hydrogens is 308 g/mol. The average molecular weight is 319 g/mol. The minimum atomic E-state index is 0.763. The number of hydrogen-bond donors (Lipinski definition) is 0. The fourth-order valence-corrected chi connectivity index (χ4v) is 2.84. The number of nitrogens with zero attached hydrogens (tertiary/aromatic N) is 6. The lowest BCUT2D eigenvalue weighted by molar-refractivity contribution is 0.556. The molecule has 0 amide bonds. The van der Waals surface area contributed by atoms with E-state index in [1.54, 1.807) is 6.20 Å². The number of rotatable bonds is 1. The summed E-state index contributed by atoms with van der Waals surface area (Å²) in [6.07, 6.45) is 9.50. The summed E-state index contributed by atoms with van der Waals surface area (Å²) in [5, 5.41) is 0. The molecule has 3 aromatic rings. The summed E-state index contributed by atoms with van der Waals surface area (Å²) in [6.45, 7) is 2.60. The summed E-state index contributed by atoms with van der Waals surface area (Å²) in [5.41, 5.74) is 0.878. The Labute approximate surface area is 117 Å². The lowest BCUT2D eigenvalue weighted by Crippen LogP contribution is -2.34. The van der Waals surface area contributed by atoms with E-state index in [2.05, 4.69) is 40.3 Å². The maximum Gasteiger partial charge on any atom is 0.180 e. The molecule has 7 heteroatoms. The van der Waals surface area contributed by atoms with Gasteiger partial charge in [0.1, 0.15) is 10.4 Å². The van der Waals surface area contributed by atoms with Gasteiger partial charge in [0.05, 0.1) is 6.54 Å². The highest BCUT2D eigenvalue weighted by Crippen LogP contribution is 2.24. The standard InChI is InChI=1S/C12H11BrN6/c13-9-7-18-4-2-15-11(18)12(16-9)19-6-5-17-3-1-14-10(17)8-19/h1-4,7H,5-6,8H2. The Balaban J connectivity index is 1.81. The van der Waals surface area contributed by atoms with E-state index in [9.17, 15) is 0 Å². The van der Waals surface area contributed by atoms with Crippen LogP contribution in [0, 0.1) is 0 Å². The molecule has 0 saturated heterocycles. The monoisotopic (exact) mass is 318 g/mol. The van der Waals surface area contributed by atoms with Gasteiger partial charge >= 0.3 is 0 Å². The second-order valence-electron chi connectivity index (χ2n) is 4.50. The Morgan fingerprint density at radius 1 is 1.11 bits per heavy atom. The Kier molecular flexibility index (Phi) is 2.34. The molecule has 0 unspecified atom stereocenters. The summed E-state index contributed by atoms with van der Waals surface area (Å²) in [6, 6.07) is 0. The van der Waals surface area contributed by atoms with Crippen LogP contribution >= 0.6 is 15.9 Å². The quantitative estimate of drug-likeness (QED) is 0.685. The molecule has 0 fully saturated rings. The molecule has 0 aliphatic carbocycles. The van der Waals surface area contributed by atoms with E-state index in [0.717, 1.165) is 41.5 Å². The molecule has 0 bridgehead atoms. The average Bonchev–Trinajstić information content (AvgIpc) is 3.04.